The van der Waals surface area contributed by atoms with Crippen molar-refractivity contribution >= 4 is 18.3 Å². The third kappa shape index (κ3) is 7.06. The number of carbonyl (C=O) groups is 1. The Morgan fingerprint density at radius 1 is 1.30 bits per heavy atom. The van der Waals surface area contributed by atoms with Gasteiger partial charge in [-0.2, -0.15) is 0 Å². The zero-order valence-corrected chi connectivity index (χ0v) is 14.8. The fraction of sp³-hybridized carbons (Fsp3) is 0.500. The van der Waals surface area contributed by atoms with Gasteiger partial charge in [-0.05, 0) is 56.5 Å². The van der Waals surface area contributed by atoms with Gasteiger partial charge in [0.05, 0.1) is 6.61 Å². The number of halogens is 1. The summed E-state index contributed by atoms with van der Waals surface area (Å²) in [4.78, 5) is 11.8. The van der Waals surface area contributed by atoms with Crippen LogP contribution in [0.3, 0.4) is 0 Å². The summed E-state index contributed by atoms with van der Waals surface area (Å²) in [5.74, 6) is 0.978. The molecule has 0 atom stereocenters. The maximum Gasteiger partial charge on any atom is 0.220 e. The molecule has 0 radical (unpaired) electrons. The summed E-state index contributed by atoms with van der Waals surface area (Å²) in [6.45, 7) is 7.33. The lowest BCUT2D eigenvalue weighted by atomic mass is 10.1. The molecule has 2 N–H and O–H groups in total. The molecule has 2 rings (SSSR count). The van der Waals surface area contributed by atoms with E-state index >= 15 is 0 Å². The van der Waals surface area contributed by atoms with E-state index in [-0.39, 0.29) is 18.3 Å². The second-order valence-corrected chi connectivity index (χ2v) is 5.79. The lowest BCUT2D eigenvalue weighted by Crippen LogP contribution is -2.29. The van der Waals surface area contributed by atoms with E-state index in [1.807, 2.05) is 12.1 Å². The summed E-state index contributed by atoms with van der Waals surface area (Å²) in [7, 11) is 0. The molecule has 0 unspecified atom stereocenters. The molecule has 0 bridgehead atoms. The van der Waals surface area contributed by atoms with Crippen LogP contribution in [0.4, 0.5) is 0 Å². The van der Waals surface area contributed by atoms with Gasteiger partial charge < -0.3 is 15.4 Å². The average Bonchev–Trinajstić information content (AvgIpc) is 2.54. The highest BCUT2D eigenvalue weighted by molar-refractivity contribution is 5.85. The largest absolute Gasteiger partial charge is 0.494 e. The minimum absolute atomic E-state index is 0. The third-order valence-electron chi connectivity index (χ3n) is 3.97. The lowest BCUT2D eigenvalue weighted by Gasteiger charge is -2.14. The first-order chi connectivity index (χ1) is 10.6. The Morgan fingerprint density at radius 3 is 2.83 bits per heavy atom. The van der Waals surface area contributed by atoms with Crippen LogP contribution in [0.5, 0.6) is 5.75 Å². The molecule has 0 aromatic heterocycles. The predicted molar refractivity (Wildman–Crippen MR) is 96.5 cm³/mol. The molecular formula is C18H27ClN2O2. The molecule has 5 heteroatoms. The molecule has 128 valence electrons. The average molecular weight is 339 g/mol. The third-order valence-corrected chi connectivity index (χ3v) is 3.97. The quantitative estimate of drug-likeness (QED) is 0.593. The van der Waals surface area contributed by atoms with E-state index in [2.05, 4.69) is 36.6 Å². The highest BCUT2D eigenvalue weighted by atomic mass is 35.5. The Morgan fingerprint density at radius 2 is 2.13 bits per heavy atom. The molecule has 0 saturated heterocycles. The number of rotatable bonds is 7. The molecule has 0 fully saturated rings. The highest BCUT2D eigenvalue weighted by Gasteiger charge is 2.06. The van der Waals surface area contributed by atoms with E-state index in [0.29, 0.717) is 19.6 Å². The van der Waals surface area contributed by atoms with Crippen LogP contribution < -0.4 is 15.4 Å². The SMILES string of the molecule is Cc1ccc(OCCCC(=O)NCC2=CCNCC2)cc1C.Cl. The smallest absolute Gasteiger partial charge is 0.220 e. The van der Waals surface area contributed by atoms with Crippen LogP contribution in [-0.2, 0) is 4.79 Å². The van der Waals surface area contributed by atoms with Crippen LogP contribution in [0, 0.1) is 13.8 Å². The molecule has 1 amide bonds. The van der Waals surface area contributed by atoms with Crippen LogP contribution >= 0.6 is 12.4 Å². The van der Waals surface area contributed by atoms with Gasteiger partial charge in [0.15, 0.2) is 0 Å². The summed E-state index contributed by atoms with van der Waals surface area (Å²) >= 11 is 0. The molecule has 1 aromatic rings. The normalized spacial score (nSPS) is 13.7. The van der Waals surface area contributed by atoms with Crippen molar-refractivity contribution in [1.82, 2.24) is 10.6 Å². The Hall–Kier alpha value is -1.52. The van der Waals surface area contributed by atoms with Gasteiger partial charge >= 0.3 is 0 Å². The van der Waals surface area contributed by atoms with Crippen LogP contribution in [0.25, 0.3) is 0 Å². The fourth-order valence-electron chi connectivity index (χ4n) is 2.36. The van der Waals surface area contributed by atoms with Crippen molar-refractivity contribution in [3.05, 3.63) is 41.0 Å². The number of carbonyl (C=O) groups excluding carboxylic acids is 1. The van der Waals surface area contributed by atoms with Crippen LogP contribution in [0.2, 0.25) is 0 Å². The van der Waals surface area contributed by atoms with Crippen molar-refractivity contribution in [3.8, 4) is 5.75 Å². The van der Waals surface area contributed by atoms with Gasteiger partial charge in [-0.3, -0.25) is 4.79 Å². The number of hydrogen-bond donors (Lipinski definition) is 2. The number of amides is 1. The molecule has 23 heavy (non-hydrogen) atoms. The summed E-state index contributed by atoms with van der Waals surface area (Å²) in [6, 6.07) is 6.08. The molecule has 0 aliphatic carbocycles. The van der Waals surface area contributed by atoms with Crippen molar-refractivity contribution in [2.45, 2.75) is 33.1 Å². The zero-order chi connectivity index (χ0) is 15.8. The summed E-state index contributed by atoms with van der Waals surface area (Å²) < 4.78 is 5.69. The van der Waals surface area contributed by atoms with Crippen molar-refractivity contribution in [2.75, 3.05) is 26.2 Å². The van der Waals surface area contributed by atoms with Crippen molar-refractivity contribution in [3.63, 3.8) is 0 Å². The minimum Gasteiger partial charge on any atom is -0.494 e. The van der Waals surface area contributed by atoms with Crippen LogP contribution in [0.15, 0.2) is 29.8 Å². The highest BCUT2D eigenvalue weighted by Crippen LogP contribution is 2.16. The van der Waals surface area contributed by atoms with E-state index in [0.717, 1.165) is 31.7 Å². The Labute approximate surface area is 145 Å². The maximum atomic E-state index is 11.8. The maximum absolute atomic E-state index is 11.8. The van der Waals surface area contributed by atoms with E-state index < -0.39 is 0 Å². The van der Waals surface area contributed by atoms with Gasteiger partial charge in [0, 0.05) is 19.5 Å². The second kappa shape index (κ2) is 10.3. The van der Waals surface area contributed by atoms with E-state index in [4.69, 9.17) is 4.74 Å². The van der Waals surface area contributed by atoms with Gasteiger partial charge in [-0.25, -0.2) is 0 Å². The summed E-state index contributed by atoms with van der Waals surface area (Å²) in [6.07, 6.45) is 4.43. The van der Waals surface area contributed by atoms with Crippen molar-refractivity contribution < 1.29 is 9.53 Å². The van der Waals surface area contributed by atoms with Crippen molar-refractivity contribution in [2.24, 2.45) is 0 Å². The summed E-state index contributed by atoms with van der Waals surface area (Å²) in [5.41, 5.74) is 3.81. The van der Waals surface area contributed by atoms with Crippen LogP contribution in [-0.4, -0.2) is 32.1 Å². The molecule has 1 heterocycles. The zero-order valence-electron chi connectivity index (χ0n) is 14.0. The van der Waals surface area contributed by atoms with Gasteiger partial charge in [0.2, 0.25) is 5.91 Å². The molecule has 4 nitrogen and oxygen atoms in total. The van der Waals surface area contributed by atoms with E-state index in [1.54, 1.807) is 0 Å². The first-order valence-electron chi connectivity index (χ1n) is 8.00. The monoisotopic (exact) mass is 338 g/mol. The number of ether oxygens (including phenoxy) is 1. The molecule has 1 aromatic carbocycles. The number of nitrogens with one attached hydrogen (secondary N) is 2. The standard InChI is InChI=1S/C18H26N2O2.ClH/c1-14-5-6-17(12-15(14)2)22-11-3-4-18(21)20-13-16-7-9-19-10-8-16;/h5-7,12,19H,3-4,8-11,13H2,1-2H3,(H,20,21);1H. The summed E-state index contributed by atoms with van der Waals surface area (Å²) in [5, 5.41) is 6.24. The predicted octanol–water partition coefficient (Wildman–Crippen LogP) is 2.92. The Kier molecular flexibility index (Phi) is 8.74. The molecule has 1 aliphatic rings. The van der Waals surface area contributed by atoms with Gasteiger partial charge in [-0.15, -0.1) is 12.4 Å². The number of benzene rings is 1. The molecule has 0 spiro atoms. The van der Waals surface area contributed by atoms with E-state index in [9.17, 15) is 4.79 Å². The van der Waals surface area contributed by atoms with E-state index in [1.165, 1.54) is 16.7 Å². The number of aryl methyl sites for hydroxylation is 2. The fourth-order valence-corrected chi connectivity index (χ4v) is 2.36. The first kappa shape index (κ1) is 19.5. The Bertz CT molecular complexity index is 544. The lowest BCUT2D eigenvalue weighted by molar-refractivity contribution is -0.121. The van der Waals surface area contributed by atoms with Gasteiger partial charge in [0.1, 0.15) is 5.75 Å². The van der Waals surface area contributed by atoms with Gasteiger partial charge in [0.25, 0.3) is 0 Å². The molecule has 1 aliphatic heterocycles. The first-order valence-corrected chi connectivity index (χ1v) is 8.00. The topological polar surface area (TPSA) is 50.4 Å². The number of hydrogen-bond acceptors (Lipinski definition) is 3. The Balaban J connectivity index is 0.00000264. The molecular weight excluding hydrogens is 312 g/mol. The van der Waals surface area contributed by atoms with Crippen LogP contribution in [0.1, 0.15) is 30.4 Å². The second-order valence-electron chi connectivity index (χ2n) is 5.79. The van der Waals surface area contributed by atoms with Crippen molar-refractivity contribution in [1.29, 1.82) is 0 Å². The molecule has 0 saturated carbocycles. The van der Waals surface area contributed by atoms with Gasteiger partial charge in [-0.1, -0.05) is 17.7 Å². The minimum atomic E-state index is 0.